The quantitative estimate of drug-likeness (QED) is 0.498. The van der Waals surface area contributed by atoms with Crippen LogP contribution in [0.25, 0.3) is 0 Å². The van der Waals surface area contributed by atoms with Gasteiger partial charge in [-0.1, -0.05) is 25.4 Å². The van der Waals surface area contributed by atoms with Gasteiger partial charge in [0.05, 0.1) is 28.9 Å². The monoisotopic (exact) mass is 435 g/mol. The number of nitrogens with zero attached hydrogens (tertiary/aromatic N) is 2. The molecule has 160 valence electrons. The molecule has 0 aliphatic carbocycles. The third-order valence-electron chi connectivity index (χ3n) is 4.50. The van der Waals surface area contributed by atoms with E-state index in [1.807, 2.05) is 6.92 Å². The van der Waals surface area contributed by atoms with Crippen LogP contribution in [-0.2, 0) is 31.2 Å². The van der Waals surface area contributed by atoms with Gasteiger partial charge in [0.25, 0.3) is 0 Å². The second-order valence-electron chi connectivity index (χ2n) is 6.54. The van der Waals surface area contributed by atoms with E-state index in [0.717, 1.165) is 0 Å². The molecule has 0 saturated carbocycles. The number of carbonyl (C=O) groups excluding carboxylic acids is 1. The average molecular weight is 436 g/mol. The molecule has 29 heavy (non-hydrogen) atoms. The molecule has 1 heterocycles. The highest BCUT2D eigenvalue weighted by molar-refractivity contribution is 6.32. The first-order valence-electron chi connectivity index (χ1n) is 9.10. The van der Waals surface area contributed by atoms with Crippen LogP contribution in [-0.4, -0.2) is 21.8 Å². The van der Waals surface area contributed by atoms with Crippen molar-refractivity contribution in [1.29, 1.82) is 0 Å². The average Bonchev–Trinajstić information content (AvgIpc) is 2.96. The molecule has 2 rings (SSSR count). The van der Waals surface area contributed by atoms with Gasteiger partial charge >= 0.3 is 0 Å². The van der Waals surface area contributed by atoms with Gasteiger partial charge in [-0.2, -0.15) is 13.9 Å². The van der Waals surface area contributed by atoms with Crippen LogP contribution in [0.5, 0.6) is 5.75 Å². The molecule has 1 aromatic carbocycles. The maximum absolute atomic E-state index is 14.3. The van der Waals surface area contributed by atoms with E-state index in [-0.39, 0.29) is 6.42 Å². The van der Waals surface area contributed by atoms with E-state index in [2.05, 4.69) is 10.4 Å². The fraction of sp³-hybridized carbons (Fsp3) is 0.474. The predicted molar refractivity (Wildman–Crippen MR) is 99.8 cm³/mol. The van der Waals surface area contributed by atoms with Crippen LogP contribution < -0.4 is 10.1 Å². The summed E-state index contributed by atoms with van der Waals surface area (Å²) in [6.07, 6.45) is 0.0936. The lowest BCUT2D eigenvalue weighted by atomic mass is 10.1. The van der Waals surface area contributed by atoms with Gasteiger partial charge in [-0.05, 0) is 19.8 Å². The molecular weight excluding hydrogens is 414 g/mol. The third kappa shape index (κ3) is 4.83. The van der Waals surface area contributed by atoms with Crippen molar-refractivity contribution in [2.45, 2.75) is 52.7 Å². The molecule has 0 aliphatic heterocycles. The molecule has 0 spiro atoms. The smallest absolute Gasteiger partial charge is 0.226 e. The van der Waals surface area contributed by atoms with Crippen LogP contribution in [0.4, 0.5) is 17.6 Å². The largest absolute Gasteiger partial charge is 0.485 e. The summed E-state index contributed by atoms with van der Waals surface area (Å²) in [6, 6.07) is 0. The Morgan fingerprint density at radius 3 is 2.24 bits per heavy atom. The van der Waals surface area contributed by atoms with Gasteiger partial charge in [-0.25, -0.2) is 8.78 Å². The van der Waals surface area contributed by atoms with Crippen molar-refractivity contribution in [3.8, 4) is 5.75 Å². The van der Waals surface area contributed by atoms with Gasteiger partial charge in [-0.3, -0.25) is 9.48 Å². The molecule has 0 bridgehead atoms. The Bertz CT molecular complexity index is 889. The zero-order valence-corrected chi connectivity index (χ0v) is 17.3. The van der Waals surface area contributed by atoms with Crippen LogP contribution in [0.3, 0.4) is 0 Å². The fourth-order valence-corrected chi connectivity index (χ4v) is 2.97. The summed E-state index contributed by atoms with van der Waals surface area (Å²) < 4.78 is 63.2. The molecule has 0 radical (unpaired) electrons. The molecular formula is C19H22ClF4N3O2. The van der Waals surface area contributed by atoms with Gasteiger partial charge < -0.3 is 10.1 Å². The van der Waals surface area contributed by atoms with Crippen LogP contribution in [0.15, 0.2) is 0 Å². The topological polar surface area (TPSA) is 56.2 Å². The number of rotatable bonds is 8. The summed E-state index contributed by atoms with van der Waals surface area (Å²) >= 11 is 6.16. The van der Waals surface area contributed by atoms with E-state index >= 15 is 0 Å². The summed E-state index contributed by atoms with van der Waals surface area (Å²) in [6.45, 7) is 4.30. The lowest BCUT2D eigenvalue weighted by molar-refractivity contribution is -0.120. The van der Waals surface area contributed by atoms with E-state index < -0.39 is 53.1 Å². The maximum atomic E-state index is 14.3. The number of hydrogen-bond acceptors (Lipinski definition) is 3. The van der Waals surface area contributed by atoms with Crippen molar-refractivity contribution >= 4 is 17.5 Å². The highest BCUT2D eigenvalue weighted by Gasteiger charge is 2.28. The molecule has 1 atom stereocenters. The van der Waals surface area contributed by atoms with Crippen molar-refractivity contribution in [3.05, 3.63) is 45.2 Å². The normalized spacial score (nSPS) is 12.2. The Morgan fingerprint density at radius 1 is 1.17 bits per heavy atom. The minimum Gasteiger partial charge on any atom is -0.485 e. The van der Waals surface area contributed by atoms with Crippen molar-refractivity contribution in [3.63, 3.8) is 0 Å². The number of aryl methyl sites for hydroxylation is 2. The lowest BCUT2D eigenvalue weighted by Gasteiger charge is -2.16. The number of amides is 1. The predicted octanol–water partition coefficient (Wildman–Crippen LogP) is 4.23. The van der Waals surface area contributed by atoms with Crippen LogP contribution in [0.2, 0.25) is 5.02 Å². The first kappa shape index (κ1) is 23.0. The van der Waals surface area contributed by atoms with Crippen molar-refractivity contribution in [1.82, 2.24) is 15.1 Å². The first-order valence-corrected chi connectivity index (χ1v) is 9.48. The zero-order valence-electron chi connectivity index (χ0n) is 16.5. The van der Waals surface area contributed by atoms with Crippen molar-refractivity contribution in [2.75, 3.05) is 0 Å². The third-order valence-corrected chi connectivity index (χ3v) is 4.94. The molecule has 0 saturated heterocycles. The number of benzene rings is 1. The van der Waals surface area contributed by atoms with Crippen molar-refractivity contribution < 1.29 is 27.1 Å². The first-order chi connectivity index (χ1) is 13.6. The summed E-state index contributed by atoms with van der Waals surface area (Å²) in [4.78, 5) is 12.2. The standard InChI is InChI=1S/C19H22ClF4N3O2/c1-5-9(3)29-19-17(23)15(21)10(16(22)18(19)24)8-25-13(28)7-12-14(20)11(6-2)26-27(12)4/h9H,5-8H2,1-4H3,(H,25,28). The van der Waals surface area contributed by atoms with Gasteiger partial charge in [0.1, 0.15) is 0 Å². The van der Waals surface area contributed by atoms with E-state index in [1.54, 1.807) is 14.0 Å². The molecule has 1 unspecified atom stereocenters. The molecule has 0 fully saturated rings. The van der Waals surface area contributed by atoms with E-state index in [0.29, 0.717) is 29.3 Å². The lowest BCUT2D eigenvalue weighted by Crippen LogP contribution is -2.27. The number of hydrogen-bond donors (Lipinski definition) is 1. The molecule has 1 N–H and O–H groups in total. The van der Waals surface area contributed by atoms with Gasteiger partial charge in [0.2, 0.25) is 17.5 Å². The summed E-state index contributed by atoms with van der Waals surface area (Å²) in [7, 11) is 1.60. The van der Waals surface area contributed by atoms with Crippen molar-refractivity contribution in [2.24, 2.45) is 7.05 Å². The van der Waals surface area contributed by atoms with Gasteiger partial charge in [0, 0.05) is 19.2 Å². The maximum Gasteiger partial charge on any atom is 0.226 e. The number of nitrogens with one attached hydrogen (secondary N) is 1. The Kier molecular flexibility index (Phi) is 7.51. The minimum atomic E-state index is -1.64. The highest BCUT2D eigenvalue weighted by atomic mass is 35.5. The Balaban J connectivity index is 2.18. The summed E-state index contributed by atoms with van der Waals surface area (Å²) in [5.41, 5.74) is 0.0851. The second-order valence-corrected chi connectivity index (χ2v) is 6.92. The number of ether oxygens (including phenoxy) is 1. The fourth-order valence-electron chi connectivity index (χ4n) is 2.61. The van der Waals surface area contributed by atoms with E-state index in [9.17, 15) is 22.4 Å². The molecule has 10 heteroatoms. The molecule has 1 aromatic heterocycles. The highest BCUT2D eigenvalue weighted by Crippen LogP contribution is 2.31. The molecule has 1 amide bonds. The Labute approximate surface area is 171 Å². The summed E-state index contributed by atoms with van der Waals surface area (Å²) in [5, 5.41) is 6.73. The zero-order chi connectivity index (χ0) is 21.9. The van der Waals surface area contributed by atoms with Crippen LogP contribution in [0.1, 0.15) is 44.1 Å². The van der Waals surface area contributed by atoms with Crippen LogP contribution >= 0.6 is 11.6 Å². The molecule has 5 nitrogen and oxygen atoms in total. The SMILES string of the molecule is CCc1nn(C)c(CC(=O)NCc2c(F)c(F)c(OC(C)CC)c(F)c2F)c1Cl. The van der Waals surface area contributed by atoms with Gasteiger partial charge in [-0.15, -0.1) is 0 Å². The molecule has 2 aromatic rings. The Hall–Kier alpha value is -2.29. The summed E-state index contributed by atoms with van der Waals surface area (Å²) in [5.74, 6) is -8.27. The van der Waals surface area contributed by atoms with Gasteiger partial charge in [0.15, 0.2) is 17.4 Å². The number of halogens is 5. The number of aromatic nitrogens is 2. The Morgan fingerprint density at radius 2 is 1.76 bits per heavy atom. The second kappa shape index (κ2) is 9.47. The minimum absolute atomic E-state index is 0.217. The molecule has 0 aliphatic rings. The number of carbonyl (C=O) groups is 1. The van der Waals surface area contributed by atoms with Crippen LogP contribution in [0, 0.1) is 23.3 Å². The van der Waals surface area contributed by atoms with E-state index in [1.165, 1.54) is 11.6 Å². The van der Waals surface area contributed by atoms with E-state index in [4.69, 9.17) is 16.3 Å².